The van der Waals surface area contributed by atoms with Crippen LogP contribution in [0.2, 0.25) is 0 Å². The molecule has 3 aromatic carbocycles. The van der Waals surface area contributed by atoms with Crippen molar-refractivity contribution in [2.45, 2.75) is 32.6 Å². The maximum absolute atomic E-state index is 12.8. The van der Waals surface area contributed by atoms with Gasteiger partial charge in [0.25, 0.3) is 0 Å². The van der Waals surface area contributed by atoms with Gasteiger partial charge in [-0.2, -0.15) is 5.26 Å². The molecule has 36 heavy (non-hydrogen) atoms. The third-order valence-electron chi connectivity index (χ3n) is 5.74. The fourth-order valence-electron chi connectivity index (χ4n) is 4.01. The number of carbonyl (C=O) groups excluding carboxylic acids is 1. The lowest BCUT2D eigenvalue weighted by molar-refractivity contribution is 0.0734. The van der Waals surface area contributed by atoms with Crippen molar-refractivity contribution in [1.29, 1.82) is 5.26 Å². The molecule has 0 saturated heterocycles. The van der Waals surface area contributed by atoms with Crippen LogP contribution < -0.4 is 24.7 Å². The summed E-state index contributed by atoms with van der Waals surface area (Å²) in [5.41, 5.74) is 8.38. The first-order chi connectivity index (χ1) is 17.5. The summed E-state index contributed by atoms with van der Waals surface area (Å²) in [6.07, 6.45) is 1.96. The Hall–Kier alpha value is -4.44. The van der Waals surface area contributed by atoms with Gasteiger partial charge in [-0.1, -0.05) is 37.6 Å². The van der Waals surface area contributed by atoms with Crippen LogP contribution in [0.4, 0.5) is 0 Å². The number of nitrogens with zero attached hydrogens (tertiary/aromatic N) is 1. The predicted molar refractivity (Wildman–Crippen MR) is 135 cm³/mol. The molecule has 0 aliphatic carbocycles. The Morgan fingerprint density at radius 2 is 1.78 bits per heavy atom. The molecule has 7 heteroatoms. The van der Waals surface area contributed by atoms with Gasteiger partial charge in [0.15, 0.2) is 0 Å². The van der Waals surface area contributed by atoms with E-state index >= 15 is 0 Å². The van der Waals surface area contributed by atoms with Crippen molar-refractivity contribution in [3.63, 3.8) is 0 Å². The van der Waals surface area contributed by atoms with E-state index in [2.05, 4.69) is 13.0 Å². The summed E-state index contributed by atoms with van der Waals surface area (Å²) in [5.74, 6) is 1.08. The van der Waals surface area contributed by atoms with Gasteiger partial charge in [-0.3, -0.25) is 0 Å². The second-order valence-electron chi connectivity index (χ2n) is 8.25. The molecule has 1 aliphatic rings. The van der Waals surface area contributed by atoms with Gasteiger partial charge in [-0.25, -0.2) is 4.79 Å². The Morgan fingerprint density at radius 3 is 2.53 bits per heavy atom. The minimum absolute atomic E-state index is 0.0113. The first-order valence-corrected chi connectivity index (χ1v) is 11.9. The average Bonchev–Trinajstić information content (AvgIpc) is 2.88. The van der Waals surface area contributed by atoms with Crippen molar-refractivity contribution in [1.82, 2.24) is 0 Å². The van der Waals surface area contributed by atoms with Crippen molar-refractivity contribution in [2.75, 3.05) is 13.2 Å². The number of benzene rings is 3. The number of unbranched alkanes of at least 4 members (excludes halogenated alkanes) is 1. The summed E-state index contributed by atoms with van der Waals surface area (Å²) in [6.45, 7) is 5.11. The molecule has 0 radical (unpaired) electrons. The van der Waals surface area contributed by atoms with E-state index < -0.39 is 11.9 Å². The molecule has 184 valence electrons. The lowest BCUT2D eigenvalue weighted by Gasteiger charge is -2.27. The Morgan fingerprint density at radius 1 is 1.00 bits per heavy atom. The van der Waals surface area contributed by atoms with Gasteiger partial charge in [0.2, 0.25) is 5.88 Å². The molecule has 0 fully saturated rings. The van der Waals surface area contributed by atoms with Crippen LogP contribution in [0.25, 0.3) is 0 Å². The molecule has 2 N–H and O–H groups in total. The minimum atomic E-state index is -0.520. The summed E-state index contributed by atoms with van der Waals surface area (Å²) < 4.78 is 22.7. The molecular formula is C29H28N2O5. The number of carbonyl (C=O) groups is 1. The Labute approximate surface area is 210 Å². The van der Waals surface area contributed by atoms with Crippen LogP contribution in [0.3, 0.4) is 0 Å². The summed E-state index contributed by atoms with van der Waals surface area (Å²) in [6, 6.07) is 21.7. The lowest BCUT2D eigenvalue weighted by atomic mass is 9.83. The van der Waals surface area contributed by atoms with Crippen molar-refractivity contribution in [3.05, 3.63) is 94.9 Å². The van der Waals surface area contributed by atoms with Crippen molar-refractivity contribution in [3.8, 4) is 29.1 Å². The van der Waals surface area contributed by atoms with Crippen molar-refractivity contribution < 1.29 is 23.7 Å². The predicted octanol–water partition coefficient (Wildman–Crippen LogP) is 5.70. The van der Waals surface area contributed by atoms with Crippen LogP contribution in [0.5, 0.6) is 23.0 Å². The maximum atomic E-state index is 12.8. The smallest absolute Gasteiger partial charge is 0.343 e. The average molecular weight is 485 g/mol. The quantitative estimate of drug-likeness (QED) is 0.236. The summed E-state index contributed by atoms with van der Waals surface area (Å²) in [4.78, 5) is 12.8. The van der Waals surface area contributed by atoms with Crippen molar-refractivity contribution in [2.24, 2.45) is 5.73 Å². The van der Waals surface area contributed by atoms with Crippen molar-refractivity contribution >= 4 is 5.97 Å². The van der Waals surface area contributed by atoms with Crippen LogP contribution in [-0.2, 0) is 0 Å². The Balaban J connectivity index is 1.59. The number of fused-ring (bicyclic) bond motifs is 1. The molecule has 0 aromatic heterocycles. The fraction of sp³-hybridized carbons (Fsp3) is 0.241. The molecule has 1 unspecified atom stereocenters. The third-order valence-corrected chi connectivity index (χ3v) is 5.74. The van der Waals surface area contributed by atoms with E-state index in [9.17, 15) is 10.1 Å². The van der Waals surface area contributed by atoms with Crippen LogP contribution in [0.1, 0.15) is 54.1 Å². The highest BCUT2D eigenvalue weighted by Crippen LogP contribution is 2.44. The highest BCUT2D eigenvalue weighted by atomic mass is 16.5. The Kier molecular flexibility index (Phi) is 7.76. The van der Waals surface area contributed by atoms with Gasteiger partial charge in [-0.05, 0) is 55.3 Å². The highest BCUT2D eigenvalue weighted by Gasteiger charge is 2.31. The minimum Gasteiger partial charge on any atom is -0.494 e. The maximum Gasteiger partial charge on any atom is 0.343 e. The standard InChI is InChI=1S/C29H28N2O5/c1-3-5-14-34-22-11-7-9-20(16-22)29(32)35-23-12-13-24-26(17-23)36-28(31)25(18-30)27(24)19-8-6-10-21(15-19)33-4-2/h6-13,15-17,27H,3-5,14,31H2,1-2H3. The van der Waals surface area contributed by atoms with Gasteiger partial charge in [0.1, 0.15) is 34.6 Å². The fourth-order valence-corrected chi connectivity index (χ4v) is 4.01. The van der Waals surface area contributed by atoms with Crippen LogP contribution in [0, 0.1) is 11.3 Å². The largest absolute Gasteiger partial charge is 0.494 e. The van der Waals surface area contributed by atoms with E-state index in [-0.39, 0.29) is 5.88 Å². The zero-order valence-electron chi connectivity index (χ0n) is 20.3. The summed E-state index contributed by atoms with van der Waals surface area (Å²) in [7, 11) is 0. The number of hydrogen-bond acceptors (Lipinski definition) is 7. The van der Waals surface area contributed by atoms with Crippen LogP contribution in [-0.4, -0.2) is 19.2 Å². The van der Waals surface area contributed by atoms with E-state index in [1.54, 1.807) is 36.4 Å². The molecule has 0 amide bonds. The SMILES string of the molecule is CCCCOc1cccc(C(=O)Oc2ccc3c(c2)OC(N)=C(C#N)C3c2cccc(OCC)c2)c1. The zero-order chi connectivity index (χ0) is 25.5. The number of nitrogens with two attached hydrogens (primary N) is 1. The lowest BCUT2D eigenvalue weighted by Crippen LogP contribution is -2.21. The van der Waals surface area contributed by atoms with Crippen LogP contribution in [0.15, 0.2) is 78.2 Å². The first kappa shape index (κ1) is 24.7. The molecule has 7 nitrogen and oxygen atoms in total. The summed E-state index contributed by atoms with van der Waals surface area (Å²) >= 11 is 0. The van der Waals surface area contributed by atoms with Crippen LogP contribution >= 0.6 is 0 Å². The molecule has 3 aromatic rings. The first-order valence-electron chi connectivity index (χ1n) is 11.9. The Bertz CT molecular complexity index is 1330. The third kappa shape index (κ3) is 5.44. The number of esters is 1. The second kappa shape index (κ2) is 11.3. The number of allylic oxidation sites excluding steroid dienone is 1. The molecule has 1 aliphatic heterocycles. The molecule has 0 bridgehead atoms. The number of rotatable bonds is 9. The molecule has 0 spiro atoms. The highest BCUT2D eigenvalue weighted by molar-refractivity contribution is 5.91. The molecule has 1 atom stereocenters. The summed E-state index contributed by atoms with van der Waals surface area (Å²) in [5, 5.41) is 9.80. The normalized spacial score (nSPS) is 14.3. The number of ether oxygens (including phenoxy) is 4. The monoisotopic (exact) mass is 484 g/mol. The van der Waals surface area contributed by atoms with E-state index in [0.717, 1.165) is 24.0 Å². The molecule has 0 saturated carbocycles. The molecule has 4 rings (SSSR count). The van der Waals surface area contributed by atoms with Gasteiger partial charge < -0.3 is 24.7 Å². The van der Waals surface area contributed by atoms with E-state index in [0.29, 0.717) is 47.3 Å². The van der Waals surface area contributed by atoms with Gasteiger partial charge in [-0.15, -0.1) is 0 Å². The van der Waals surface area contributed by atoms with E-state index in [1.807, 2.05) is 37.3 Å². The number of nitriles is 1. The zero-order valence-corrected chi connectivity index (χ0v) is 20.3. The van der Waals surface area contributed by atoms with E-state index in [1.165, 1.54) is 0 Å². The van der Waals surface area contributed by atoms with Gasteiger partial charge in [0, 0.05) is 11.6 Å². The van der Waals surface area contributed by atoms with Gasteiger partial charge in [0.05, 0.1) is 24.7 Å². The van der Waals surface area contributed by atoms with Gasteiger partial charge >= 0.3 is 5.97 Å². The topological polar surface area (TPSA) is 104 Å². The molecular weight excluding hydrogens is 456 g/mol. The van der Waals surface area contributed by atoms with E-state index in [4.69, 9.17) is 24.7 Å². The molecule has 1 heterocycles. The number of hydrogen-bond donors (Lipinski definition) is 1. The second-order valence-corrected chi connectivity index (χ2v) is 8.25.